The number of nitrogens with zero attached hydrogens (tertiary/aromatic N) is 2. The fourth-order valence-corrected chi connectivity index (χ4v) is 2.43. The number of methoxy groups -OCH3 is 1. The second kappa shape index (κ2) is 6.83. The van der Waals surface area contributed by atoms with Crippen LogP contribution in [0.4, 0.5) is 0 Å². The summed E-state index contributed by atoms with van der Waals surface area (Å²) in [7, 11) is 1.54. The van der Waals surface area contributed by atoms with Gasteiger partial charge < -0.3 is 14.6 Å². The number of aryl methyl sites for hydroxylation is 2. The molecular formula is C15H19ClN2O3. The smallest absolute Gasteiger partial charge is 0.180 e. The number of hydrogen-bond acceptors (Lipinski definition) is 4. The van der Waals surface area contributed by atoms with Crippen LogP contribution < -0.4 is 9.47 Å². The van der Waals surface area contributed by atoms with Crippen molar-refractivity contribution in [3.8, 4) is 11.5 Å². The molecule has 5 nitrogen and oxygen atoms in total. The second-order valence-electron chi connectivity index (χ2n) is 4.65. The minimum Gasteiger partial charge on any atom is -0.493 e. The molecule has 0 aliphatic carbocycles. The van der Waals surface area contributed by atoms with Crippen molar-refractivity contribution in [2.45, 2.75) is 33.6 Å². The Bertz CT molecular complexity index is 626. The number of rotatable bonds is 6. The molecule has 6 heteroatoms. The lowest BCUT2D eigenvalue weighted by Gasteiger charge is -2.14. The van der Waals surface area contributed by atoms with Gasteiger partial charge in [-0.25, -0.2) is 0 Å². The van der Waals surface area contributed by atoms with E-state index in [4.69, 9.17) is 21.1 Å². The van der Waals surface area contributed by atoms with Gasteiger partial charge in [-0.15, -0.1) is 0 Å². The third-order valence-electron chi connectivity index (χ3n) is 3.12. The first-order chi connectivity index (χ1) is 10.1. The summed E-state index contributed by atoms with van der Waals surface area (Å²) in [6, 6.07) is 5.36. The number of hydrogen-bond donors (Lipinski definition) is 1. The third-order valence-corrected chi connectivity index (χ3v) is 3.40. The second-order valence-corrected chi connectivity index (χ2v) is 5.06. The van der Waals surface area contributed by atoms with Crippen LogP contribution in [0.3, 0.4) is 0 Å². The van der Waals surface area contributed by atoms with Crippen molar-refractivity contribution in [1.82, 2.24) is 9.78 Å². The van der Waals surface area contributed by atoms with Gasteiger partial charge in [-0.05, 0) is 37.6 Å². The van der Waals surface area contributed by atoms with Gasteiger partial charge in [0.2, 0.25) is 0 Å². The molecule has 1 aromatic carbocycles. The topological polar surface area (TPSA) is 56.5 Å². The first-order valence-corrected chi connectivity index (χ1v) is 7.10. The predicted octanol–water partition coefficient (Wildman–Crippen LogP) is 2.94. The fourth-order valence-electron chi connectivity index (χ4n) is 2.14. The Kier molecular flexibility index (Phi) is 5.09. The van der Waals surface area contributed by atoms with Gasteiger partial charge in [-0.1, -0.05) is 11.6 Å². The van der Waals surface area contributed by atoms with E-state index in [0.717, 1.165) is 17.9 Å². The van der Waals surface area contributed by atoms with Gasteiger partial charge in [0.1, 0.15) is 6.61 Å². The molecule has 0 fully saturated rings. The quantitative estimate of drug-likeness (QED) is 0.891. The third kappa shape index (κ3) is 3.49. The molecule has 21 heavy (non-hydrogen) atoms. The number of aliphatic hydroxyl groups excluding tert-OH is 1. The van der Waals surface area contributed by atoms with Gasteiger partial charge in [-0.2, -0.15) is 5.10 Å². The molecular weight excluding hydrogens is 292 g/mol. The van der Waals surface area contributed by atoms with Crippen LogP contribution in [-0.4, -0.2) is 22.0 Å². The summed E-state index contributed by atoms with van der Waals surface area (Å²) in [6.07, 6.45) is 0. The molecule has 0 atom stereocenters. The molecule has 0 amide bonds. The van der Waals surface area contributed by atoms with Gasteiger partial charge in [0.15, 0.2) is 11.5 Å². The van der Waals surface area contributed by atoms with Crippen LogP contribution in [-0.2, 0) is 19.8 Å². The standard InChI is InChI=1S/C15H19ClN2O3/c1-4-18-12(5-10(2)17-18)9-21-15-13(16)6-11(8-19)7-14(15)20-3/h5-7,19H,4,8-9H2,1-3H3. The number of halogens is 1. The maximum Gasteiger partial charge on any atom is 0.180 e. The normalized spacial score (nSPS) is 10.7. The van der Waals surface area contributed by atoms with Crippen LogP contribution in [0.5, 0.6) is 11.5 Å². The molecule has 0 aliphatic heterocycles. The van der Waals surface area contributed by atoms with Crippen LogP contribution in [0, 0.1) is 6.92 Å². The summed E-state index contributed by atoms with van der Waals surface area (Å²) >= 11 is 6.20. The number of ether oxygens (including phenoxy) is 2. The predicted molar refractivity (Wildman–Crippen MR) is 80.9 cm³/mol. The lowest BCUT2D eigenvalue weighted by atomic mass is 10.2. The molecule has 0 bridgehead atoms. The van der Waals surface area contributed by atoms with Crippen molar-refractivity contribution < 1.29 is 14.6 Å². The Morgan fingerprint density at radius 1 is 1.33 bits per heavy atom. The zero-order valence-corrected chi connectivity index (χ0v) is 13.1. The molecule has 114 valence electrons. The van der Waals surface area contributed by atoms with Gasteiger partial charge in [0, 0.05) is 6.54 Å². The van der Waals surface area contributed by atoms with Crippen LogP contribution >= 0.6 is 11.6 Å². The molecule has 0 spiro atoms. The maximum atomic E-state index is 9.19. The minimum atomic E-state index is -0.0990. The van der Waals surface area contributed by atoms with E-state index in [1.54, 1.807) is 19.2 Å². The first-order valence-electron chi connectivity index (χ1n) is 6.72. The number of benzene rings is 1. The van der Waals surface area contributed by atoms with E-state index < -0.39 is 0 Å². The van der Waals surface area contributed by atoms with E-state index >= 15 is 0 Å². The SMILES string of the molecule is CCn1nc(C)cc1COc1c(Cl)cc(CO)cc1OC. The molecule has 0 saturated heterocycles. The molecule has 2 aromatic rings. The molecule has 0 radical (unpaired) electrons. The van der Waals surface area contributed by atoms with Crippen LogP contribution in [0.2, 0.25) is 5.02 Å². The zero-order valence-electron chi connectivity index (χ0n) is 12.4. The minimum absolute atomic E-state index is 0.0990. The van der Waals surface area contributed by atoms with Crippen molar-refractivity contribution in [3.05, 3.63) is 40.2 Å². The Balaban J connectivity index is 2.23. The van der Waals surface area contributed by atoms with Crippen LogP contribution in [0.1, 0.15) is 23.9 Å². The lowest BCUT2D eigenvalue weighted by molar-refractivity contribution is 0.269. The molecule has 0 unspecified atom stereocenters. The summed E-state index contributed by atoms with van der Waals surface area (Å²) in [6.45, 7) is 5.00. The van der Waals surface area contributed by atoms with E-state index in [2.05, 4.69) is 5.10 Å². The average Bonchev–Trinajstić information content (AvgIpc) is 2.85. The van der Waals surface area contributed by atoms with Crippen molar-refractivity contribution in [2.24, 2.45) is 0 Å². The van der Waals surface area contributed by atoms with Crippen molar-refractivity contribution in [3.63, 3.8) is 0 Å². The monoisotopic (exact) mass is 310 g/mol. The van der Waals surface area contributed by atoms with Crippen molar-refractivity contribution >= 4 is 11.6 Å². The summed E-state index contributed by atoms with van der Waals surface area (Å²) < 4.78 is 13.0. The number of aromatic nitrogens is 2. The van der Waals surface area contributed by atoms with Gasteiger partial charge in [-0.3, -0.25) is 4.68 Å². The zero-order chi connectivity index (χ0) is 15.4. The van der Waals surface area contributed by atoms with E-state index in [1.165, 1.54) is 0 Å². The highest BCUT2D eigenvalue weighted by atomic mass is 35.5. The van der Waals surface area contributed by atoms with Crippen LogP contribution in [0.15, 0.2) is 18.2 Å². The Labute approximate surface area is 129 Å². The van der Waals surface area contributed by atoms with Crippen LogP contribution in [0.25, 0.3) is 0 Å². The van der Waals surface area contributed by atoms with Crippen molar-refractivity contribution in [1.29, 1.82) is 0 Å². The largest absolute Gasteiger partial charge is 0.493 e. The van der Waals surface area contributed by atoms with Gasteiger partial charge in [0.25, 0.3) is 0 Å². The maximum absolute atomic E-state index is 9.19. The lowest BCUT2D eigenvalue weighted by Crippen LogP contribution is -2.07. The molecule has 0 aliphatic rings. The fraction of sp³-hybridized carbons (Fsp3) is 0.400. The van der Waals surface area contributed by atoms with Gasteiger partial charge in [0.05, 0.1) is 30.1 Å². The molecule has 2 rings (SSSR count). The summed E-state index contributed by atoms with van der Waals surface area (Å²) in [5, 5.41) is 14.0. The highest BCUT2D eigenvalue weighted by Gasteiger charge is 2.13. The summed E-state index contributed by atoms with van der Waals surface area (Å²) in [5.74, 6) is 0.976. The van der Waals surface area contributed by atoms with Crippen molar-refractivity contribution in [2.75, 3.05) is 7.11 Å². The highest BCUT2D eigenvalue weighted by Crippen LogP contribution is 2.37. The highest BCUT2D eigenvalue weighted by molar-refractivity contribution is 6.32. The van der Waals surface area contributed by atoms with E-state index in [9.17, 15) is 5.11 Å². The Morgan fingerprint density at radius 2 is 2.10 bits per heavy atom. The summed E-state index contributed by atoms with van der Waals surface area (Å²) in [4.78, 5) is 0. The first kappa shape index (κ1) is 15.7. The van der Waals surface area contributed by atoms with E-state index in [0.29, 0.717) is 28.7 Å². The Morgan fingerprint density at radius 3 is 2.71 bits per heavy atom. The Hall–Kier alpha value is -1.72. The molecule has 1 aromatic heterocycles. The molecule has 0 saturated carbocycles. The molecule has 1 N–H and O–H groups in total. The van der Waals surface area contributed by atoms with E-state index in [1.807, 2.05) is 24.6 Å². The molecule has 1 heterocycles. The van der Waals surface area contributed by atoms with Gasteiger partial charge >= 0.3 is 0 Å². The summed E-state index contributed by atoms with van der Waals surface area (Å²) in [5.41, 5.74) is 2.60. The van der Waals surface area contributed by atoms with E-state index in [-0.39, 0.29) is 6.61 Å². The average molecular weight is 311 g/mol. The number of aliphatic hydroxyl groups is 1.